The van der Waals surface area contributed by atoms with Crippen molar-refractivity contribution in [2.24, 2.45) is 0 Å². The monoisotopic (exact) mass is 248 g/mol. The molecule has 17 heavy (non-hydrogen) atoms. The number of nitrogens with one attached hydrogen (secondary N) is 1. The lowest BCUT2D eigenvalue weighted by Gasteiger charge is -2.23. The quantitative estimate of drug-likeness (QED) is 0.868. The third-order valence-electron chi connectivity index (χ3n) is 2.05. The van der Waals surface area contributed by atoms with Crippen LogP contribution in [0.5, 0.6) is 0 Å². The predicted molar refractivity (Wildman–Crippen MR) is 60.1 cm³/mol. The second-order valence-electron chi connectivity index (χ2n) is 3.40. The summed E-state index contributed by atoms with van der Waals surface area (Å²) in [5.74, 6) is 0.612. The fourth-order valence-electron chi connectivity index (χ4n) is 1.34. The van der Waals surface area contributed by atoms with E-state index in [0.717, 1.165) is 4.90 Å². The van der Waals surface area contributed by atoms with Gasteiger partial charge in [-0.1, -0.05) is 0 Å². The number of halogens is 3. The minimum Gasteiger partial charge on any atom is -0.354 e. The van der Waals surface area contributed by atoms with Gasteiger partial charge >= 0.3 is 6.18 Å². The maximum atomic E-state index is 12.3. The molecular formula is C10H15F3N4. The molecule has 7 heteroatoms. The Labute approximate surface area is 97.9 Å². The first kappa shape index (κ1) is 13.5. The van der Waals surface area contributed by atoms with Gasteiger partial charge in [0.05, 0.1) is 0 Å². The minimum absolute atomic E-state index is 0.238. The first-order valence-corrected chi connectivity index (χ1v) is 5.35. The van der Waals surface area contributed by atoms with E-state index in [4.69, 9.17) is 0 Å². The summed E-state index contributed by atoms with van der Waals surface area (Å²) in [5.41, 5.74) is 0. The van der Waals surface area contributed by atoms with Gasteiger partial charge in [-0.15, -0.1) is 0 Å². The number of nitrogens with zero attached hydrogens (tertiary/aromatic N) is 3. The Kier molecular flexibility index (Phi) is 4.53. The second kappa shape index (κ2) is 5.70. The molecule has 0 aromatic carbocycles. The fourth-order valence-corrected chi connectivity index (χ4v) is 1.34. The fraction of sp³-hybridized carbons (Fsp3) is 0.600. The van der Waals surface area contributed by atoms with Gasteiger partial charge in [-0.3, -0.25) is 0 Å². The van der Waals surface area contributed by atoms with E-state index in [9.17, 15) is 13.2 Å². The topological polar surface area (TPSA) is 41.1 Å². The lowest BCUT2D eigenvalue weighted by molar-refractivity contribution is -0.119. The van der Waals surface area contributed by atoms with Crippen molar-refractivity contribution in [1.82, 2.24) is 9.97 Å². The van der Waals surface area contributed by atoms with E-state index in [1.165, 1.54) is 12.3 Å². The summed E-state index contributed by atoms with van der Waals surface area (Å²) < 4.78 is 37.0. The number of rotatable bonds is 5. The summed E-state index contributed by atoms with van der Waals surface area (Å²) in [4.78, 5) is 9.09. The summed E-state index contributed by atoms with van der Waals surface area (Å²) in [6, 6.07) is 1.47. The molecule has 1 heterocycles. The molecule has 0 atom stereocenters. The first-order chi connectivity index (χ1) is 7.96. The molecule has 0 fully saturated rings. The van der Waals surface area contributed by atoms with Crippen molar-refractivity contribution in [2.45, 2.75) is 20.0 Å². The van der Waals surface area contributed by atoms with Gasteiger partial charge < -0.3 is 10.2 Å². The van der Waals surface area contributed by atoms with Gasteiger partial charge in [0, 0.05) is 19.3 Å². The van der Waals surface area contributed by atoms with Gasteiger partial charge in [0.15, 0.2) is 0 Å². The molecule has 0 saturated carbocycles. The van der Waals surface area contributed by atoms with Gasteiger partial charge in [-0.25, -0.2) is 4.98 Å². The van der Waals surface area contributed by atoms with E-state index in [-0.39, 0.29) is 12.4 Å². The third kappa shape index (κ3) is 4.46. The first-order valence-electron chi connectivity index (χ1n) is 5.35. The van der Waals surface area contributed by atoms with Crippen LogP contribution in [0.1, 0.15) is 13.8 Å². The van der Waals surface area contributed by atoms with Crippen LogP contribution in [-0.2, 0) is 0 Å². The molecule has 0 amide bonds. The van der Waals surface area contributed by atoms with E-state index in [0.29, 0.717) is 12.5 Å². The van der Waals surface area contributed by atoms with Crippen LogP contribution in [0.15, 0.2) is 12.3 Å². The molecule has 0 bridgehead atoms. The van der Waals surface area contributed by atoms with Crippen molar-refractivity contribution in [1.29, 1.82) is 0 Å². The summed E-state index contributed by atoms with van der Waals surface area (Å²) >= 11 is 0. The van der Waals surface area contributed by atoms with Crippen LogP contribution in [0.25, 0.3) is 0 Å². The molecule has 0 aliphatic heterocycles. The number of hydrogen-bond donors (Lipinski definition) is 1. The van der Waals surface area contributed by atoms with Gasteiger partial charge in [0.1, 0.15) is 12.4 Å². The van der Waals surface area contributed by atoms with Crippen molar-refractivity contribution in [3.8, 4) is 0 Å². The molecule has 1 aromatic heterocycles. The average Bonchev–Trinajstić information content (AvgIpc) is 2.25. The smallest absolute Gasteiger partial charge is 0.354 e. The Morgan fingerprint density at radius 1 is 1.35 bits per heavy atom. The zero-order valence-electron chi connectivity index (χ0n) is 9.75. The van der Waals surface area contributed by atoms with Gasteiger partial charge in [0.25, 0.3) is 0 Å². The largest absolute Gasteiger partial charge is 0.405 e. The van der Waals surface area contributed by atoms with E-state index < -0.39 is 12.7 Å². The van der Waals surface area contributed by atoms with Gasteiger partial charge in [-0.2, -0.15) is 18.2 Å². The number of alkyl halides is 3. The van der Waals surface area contributed by atoms with E-state index >= 15 is 0 Å². The Hall–Kier alpha value is -1.53. The summed E-state index contributed by atoms with van der Waals surface area (Å²) in [5, 5.41) is 2.86. The lowest BCUT2D eigenvalue weighted by atomic mass is 10.4. The molecule has 96 valence electrons. The molecule has 0 spiro atoms. The molecule has 0 saturated heterocycles. The van der Waals surface area contributed by atoms with Crippen molar-refractivity contribution < 1.29 is 13.2 Å². The van der Waals surface area contributed by atoms with Gasteiger partial charge in [0.2, 0.25) is 5.95 Å². The van der Waals surface area contributed by atoms with Gasteiger partial charge in [-0.05, 0) is 19.9 Å². The molecule has 1 rings (SSSR count). The highest BCUT2D eigenvalue weighted by Crippen LogP contribution is 2.20. The Bertz CT molecular complexity index is 354. The number of anilines is 2. The van der Waals surface area contributed by atoms with Crippen LogP contribution in [-0.4, -0.2) is 35.8 Å². The molecule has 0 unspecified atom stereocenters. The number of hydrogen-bond acceptors (Lipinski definition) is 4. The molecule has 0 aliphatic carbocycles. The molecule has 0 aliphatic rings. The van der Waals surface area contributed by atoms with E-state index in [1.807, 2.05) is 6.92 Å². The summed E-state index contributed by atoms with van der Waals surface area (Å²) in [6.45, 7) is 3.37. The van der Waals surface area contributed by atoms with Crippen LogP contribution < -0.4 is 10.2 Å². The maximum absolute atomic E-state index is 12.3. The highest BCUT2D eigenvalue weighted by Gasteiger charge is 2.30. The Morgan fingerprint density at radius 2 is 2.06 bits per heavy atom. The second-order valence-corrected chi connectivity index (χ2v) is 3.40. The van der Waals surface area contributed by atoms with Crippen LogP contribution in [0.3, 0.4) is 0 Å². The summed E-state index contributed by atoms with van der Waals surface area (Å²) in [6.07, 6.45) is -2.79. The van der Waals surface area contributed by atoms with Crippen molar-refractivity contribution in [3.05, 3.63) is 12.3 Å². The maximum Gasteiger partial charge on any atom is 0.405 e. The zero-order chi connectivity index (χ0) is 12.9. The van der Waals surface area contributed by atoms with Crippen LogP contribution in [0, 0.1) is 0 Å². The molecule has 4 nitrogen and oxygen atoms in total. The Morgan fingerprint density at radius 3 is 2.59 bits per heavy atom. The molecule has 1 aromatic rings. The minimum atomic E-state index is -4.24. The highest BCUT2D eigenvalue weighted by molar-refractivity contribution is 5.42. The average molecular weight is 248 g/mol. The lowest BCUT2D eigenvalue weighted by Crippen LogP contribution is -2.34. The van der Waals surface area contributed by atoms with Crippen molar-refractivity contribution >= 4 is 11.8 Å². The van der Waals surface area contributed by atoms with Crippen molar-refractivity contribution in [3.63, 3.8) is 0 Å². The summed E-state index contributed by atoms with van der Waals surface area (Å²) in [7, 11) is 0. The molecular weight excluding hydrogens is 233 g/mol. The Balaban J connectivity index is 2.84. The SMILES string of the molecule is CCNc1nccc(N(CC)CC(F)(F)F)n1. The van der Waals surface area contributed by atoms with Crippen LogP contribution in [0.2, 0.25) is 0 Å². The molecule has 1 N–H and O–H groups in total. The molecule has 0 radical (unpaired) electrons. The zero-order valence-corrected chi connectivity index (χ0v) is 9.75. The predicted octanol–water partition coefficient (Wildman–Crippen LogP) is 2.30. The van der Waals surface area contributed by atoms with Crippen LogP contribution >= 0.6 is 0 Å². The highest BCUT2D eigenvalue weighted by atomic mass is 19.4. The van der Waals surface area contributed by atoms with E-state index in [2.05, 4.69) is 15.3 Å². The third-order valence-corrected chi connectivity index (χ3v) is 2.05. The van der Waals surface area contributed by atoms with Crippen LogP contribution in [0.4, 0.5) is 24.9 Å². The normalized spacial score (nSPS) is 11.4. The van der Waals surface area contributed by atoms with E-state index in [1.54, 1.807) is 6.92 Å². The number of aromatic nitrogens is 2. The standard InChI is InChI=1S/C10H15F3N4/c1-3-14-9-15-6-5-8(16-9)17(4-2)7-10(11,12)13/h5-6H,3-4,7H2,1-2H3,(H,14,15,16). The van der Waals surface area contributed by atoms with Crippen molar-refractivity contribution in [2.75, 3.05) is 29.9 Å².